The zero-order valence-corrected chi connectivity index (χ0v) is 29.8. The summed E-state index contributed by atoms with van der Waals surface area (Å²) in [6.45, 7) is 3.77. The number of ether oxygens (including phenoxy) is 2. The van der Waals surface area contributed by atoms with Crippen LogP contribution in [-0.2, 0) is 10.3 Å². The molecule has 10 heteroatoms. The molecule has 9 rings (SSSR count). The molecule has 0 aromatic heterocycles. The van der Waals surface area contributed by atoms with Gasteiger partial charge in [-0.3, -0.25) is 0 Å². The van der Waals surface area contributed by atoms with Crippen LogP contribution < -0.4 is 15.4 Å². The number of carbonyl (C=O) groups excluding carboxylic acids is 1. The van der Waals surface area contributed by atoms with E-state index < -0.39 is 11.6 Å². The molecule has 0 saturated heterocycles. The van der Waals surface area contributed by atoms with Gasteiger partial charge < -0.3 is 20.1 Å². The summed E-state index contributed by atoms with van der Waals surface area (Å²) in [6.07, 6.45) is 3.86. The Morgan fingerprint density at radius 2 is 1.38 bits per heavy atom. The van der Waals surface area contributed by atoms with Gasteiger partial charge in [-0.2, -0.15) is 10.5 Å². The number of hydrogen-bond donors (Lipinski definition) is 2. The van der Waals surface area contributed by atoms with Crippen LogP contribution in [0.5, 0.6) is 11.5 Å². The van der Waals surface area contributed by atoms with Crippen molar-refractivity contribution in [3.05, 3.63) is 162 Å². The van der Waals surface area contributed by atoms with Gasteiger partial charge in [-0.1, -0.05) is 83.5 Å². The molecule has 0 radical (unpaired) electrons. The summed E-state index contributed by atoms with van der Waals surface area (Å²) in [5.74, 6) is 0.300. The maximum atomic E-state index is 13.7. The average Bonchev–Trinajstić information content (AvgIpc) is 3.70. The van der Waals surface area contributed by atoms with Gasteiger partial charge in [0.2, 0.25) is 0 Å². The number of anilines is 2. The summed E-state index contributed by atoms with van der Waals surface area (Å²) in [6, 6.07) is 31.2. The fraction of sp³-hybridized carbons (Fsp3) is 0.0714. The number of para-hydroxylation sites is 2. The molecule has 1 spiro atoms. The van der Waals surface area contributed by atoms with E-state index in [0.29, 0.717) is 72.3 Å². The van der Waals surface area contributed by atoms with Crippen LogP contribution in [0.25, 0.3) is 17.2 Å². The van der Waals surface area contributed by atoms with E-state index in [0.717, 1.165) is 21.8 Å². The monoisotopic (exact) mass is 734 g/mol. The molecule has 2 N–H and O–H groups in total. The number of carbonyl (C=O) groups is 1. The van der Waals surface area contributed by atoms with Crippen molar-refractivity contribution in [3.63, 3.8) is 0 Å². The molecule has 1 atom stereocenters. The van der Waals surface area contributed by atoms with E-state index in [-0.39, 0.29) is 15.6 Å². The highest BCUT2D eigenvalue weighted by Gasteiger charge is 2.55. The molecule has 0 fully saturated rings. The summed E-state index contributed by atoms with van der Waals surface area (Å²) >= 11 is 14.5. The van der Waals surface area contributed by atoms with E-state index in [1.54, 1.807) is 6.07 Å². The van der Waals surface area contributed by atoms with Gasteiger partial charge in [0.1, 0.15) is 23.6 Å². The predicted octanol–water partition coefficient (Wildman–Crippen LogP) is 11.0. The molecule has 4 aliphatic heterocycles. The van der Waals surface area contributed by atoms with Crippen LogP contribution in [0.4, 0.5) is 11.4 Å². The Kier molecular flexibility index (Phi) is 7.29. The number of allylic oxidation sites excluding steroid dienone is 3. The Morgan fingerprint density at radius 3 is 2.08 bits per heavy atom. The second-order valence-electron chi connectivity index (χ2n) is 12.7. The first-order valence-electron chi connectivity index (χ1n) is 16.3. The number of fused-ring (bicyclic) bond motifs is 8. The van der Waals surface area contributed by atoms with Gasteiger partial charge >= 0.3 is 5.97 Å². The minimum absolute atomic E-state index is 0.229. The van der Waals surface area contributed by atoms with Gasteiger partial charge in [-0.15, -0.1) is 0 Å². The van der Waals surface area contributed by atoms with Gasteiger partial charge in [0, 0.05) is 49.5 Å². The molecule has 1 unspecified atom stereocenters. The topological polar surface area (TPSA) is 107 Å². The summed E-state index contributed by atoms with van der Waals surface area (Å²) in [5, 5.41) is 29.1. The number of benzene rings is 5. The number of nitriles is 2. The second kappa shape index (κ2) is 11.8. The van der Waals surface area contributed by atoms with E-state index in [1.807, 2.05) is 98.8 Å². The molecule has 7 nitrogen and oxygen atoms in total. The van der Waals surface area contributed by atoms with Crippen LogP contribution in [0.3, 0.4) is 0 Å². The lowest BCUT2D eigenvalue weighted by Crippen LogP contribution is -2.34. The van der Waals surface area contributed by atoms with Crippen LogP contribution in [-0.4, -0.2) is 5.97 Å². The van der Waals surface area contributed by atoms with Gasteiger partial charge in [0.05, 0.1) is 43.2 Å². The van der Waals surface area contributed by atoms with Gasteiger partial charge in [-0.05, 0) is 68.0 Å². The molecule has 0 bridgehead atoms. The first-order chi connectivity index (χ1) is 25.2. The first-order valence-corrected chi connectivity index (χ1v) is 17.9. The van der Waals surface area contributed by atoms with Gasteiger partial charge in [0.25, 0.3) is 0 Å². The highest BCUT2D eigenvalue weighted by Crippen LogP contribution is 2.59. The molecule has 250 valence electrons. The SMILES string of the molecule is Cc1c(/C(C#N)=C2\C=Cc3ccccc3N2)ccc2c1Oc1c(ccc(/C(C#N)=C3/Nc4ccccc4S3)c1C)C21OC(=O)c2cc(Cl)c(Cl)cc21. The molecule has 0 aliphatic carbocycles. The summed E-state index contributed by atoms with van der Waals surface area (Å²) < 4.78 is 13.3. The molecule has 5 aromatic rings. The van der Waals surface area contributed by atoms with E-state index in [2.05, 4.69) is 22.8 Å². The Hall–Kier alpha value is -5.90. The number of rotatable bonds is 2. The van der Waals surface area contributed by atoms with Crippen LogP contribution in [0.2, 0.25) is 10.0 Å². The van der Waals surface area contributed by atoms with E-state index in [4.69, 9.17) is 32.7 Å². The molecular weight excluding hydrogens is 711 g/mol. The predicted molar refractivity (Wildman–Crippen MR) is 204 cm³/mol. The number of thioether (sulfide) groups is 1. The Morgan fingerprint density at radius 1 is 0.750 bits per heavy atom. The van der Waals surface area contributed by atoms with Crippen molar-refractivity contribution in [2.45, 2.75) is 24.3 Å². The van der Waals surface area contributed by atoms with E-state index in [1.165, 1.54) is 17.8 Å². The molecule has 0 amide bonds. The van der Waals surface area contributed by atoms with Crippen molar-refractivity contribution in [1.82, 2.24) is 0 Å². The maximum absolute atomic E-state index is 13.7. The molecule has 5 aromatic carbocycles. The normalized spacial score (nSPS) is 19.0. The highest BCUT2D eigenvalue weighted by atomic mass is 35.5. The number of halogens is 2. The molecule has 52 heavy (non-hydrogen) atoms. The number of hydrogen-bond acceptors (Lipinski definition) is 8. The third-order valence-electron chi connectivity index (χ3n) is 9.95. The fourth-order valence-electron chi connectivity index (χ4n) is 7.44. The van der Waals surface area contributed by atoms with Crippen molar-refractivity contribution in [2.24, 2.45) is 0 Å². The summed E-state index contributed by atoms with van der Waals surface area (Å²) in [5.41, 5.74) is 7.46. The quantitative estimate of drug-likeness (QED) is 0.136. The highest BCUT2D eigenvalue weighted by molar-refractivity contribution is 8.04. The number of nitrogens with one attached hydrogen (secondary N) is 2. The Labute approximate surface area is 313 Å². The largest absolute Gasteiger partial charge is 0.456 e. The van der Waals surface area contributed by atoms with Crippen molar-refractivity contribution in [1.29, 1.82) is 10.5 Å². The third-order valence-corrected chi connectivity index (χ3v) is 11.8. The van der Waals surface area contributed by atoms with Gasteiger partial charge in [0.15, 0.2) is 5.60 Å². The van der Waals surface area contributed by atoms with Crippen LogP contribution in [0.15, 0.2) is 107 Å². The van der Waals surface area contributed by atoms with Crippen molar-refractivity contribution >= 4 is 69.5 Å². The summed E-state index contributed by atoms with van der Waals surface area (Å²) in [7, 11) is 0. The Balaban J connectivity index is 1.27. The minimum Gasteiger partial charge on any atom is -0.456 e. The summed E-state index contributed by atoms with van der Waals surface area (Å²) in [4.78, 5) is 14.8. The van der Waals surface area contributed by atoms with Crippen LogP contribution in [0.1, 0.15) is 54.9 Å². The standard InChI is InChI=1S/C42H24Cl2N4O3S/c1-21-24(27(19-45)35-16-11-23-7-3-4-8-34(23)47-35)12-14-29-38(21)50-39-22(2)25(28(20-46)40-48-36-9-5-6-10-37(36)52-40)13-15-30(39)42(29)31-18-33(44)32(43)17-26(31)41(49)51-42/h3-18,47-48H,1-2H3/b35-27+,40-28-. The number of nitrogens with zero attached hydrogens (tertiary/aromatic N) is 2. The molecule has 4 aliphatic rings. The van der Waals surface area contributed by atoms with Crippen molar-refractivity contribution in [3.8, 4) is 23.6 Å². The minimum atomic E-state index is -1.46. The molecule has 4 heterocycles. The van der Waals surface area contributed by atoms with Crippen LogP contribution in [0, 0.1) is 36.5 Å². The lowest BCUT2D eigenvalue weighted by molar-refractivity contribution is 0.0223. The number of esters is 1. The average molecular weight is 736 g/mol. The first kappa shape index (κ1) is 32.0. The van der Waals surface area contributed by atoms with Crippen LogP contribution >= 0.6 is 35.0 Å². The maximum Gasteiger partial charge on any atom is 0.340 e. The second-order valence-corrected chi connectivity index (χ2v) is 14.6. The Bertz CT molecular complexity index is 2640. The fourth-order valence-corrected chi connectivity index (χ4v) is 8.78. The van der Waals surface area contributed by atoms with E-state index in [9.17, 15) is 15.3 Å². The zero-order valence-electron chi connectivity index (χ0n) is 27.5. The van der Waals surface area contributed by atoms with Gasteiger partial charge in [-0.25, -0.2) is 4.79 Å². The third kappa shape index (κ3) is 4.56. The lowest BCUT2D eigenvalue weighted by atomic mass is 9.75. The molecular formula is C42H24Cl2N4O3S. The zero-order chi connectivity index (χ0) is 35.9. The smallest absolute Gasteiger partial charge is 0.340 e. The lowest BCUT2D eigenvalue weighted by Gasteiger charge is -2.38. The van der Waals surface area contributed by atoms with E-state index >= 15 is 0 Å². The molecule has 0 saturated carbocycles. The van der Waals surface area contributed by atoms with Crippen molar-refractivity contribution in [2.75, 3.05) is 10.6 Å². The van der Waals surface area contributed by atoms with Crippen molar-refractivity contribution < 1.29 is 14.3 Å².